The Balaban J connectivity index is 1.09. The van der Waals surface area contributed by atoms with Gasteiger partial charge in [-0.25, -0.2) is 4.39 Å². The van der Waals surface area contributed by atoms with Gasteiger partial charge in [-0.15, -0.1) is 0 Å². The second-order valence-corrected chi connectivity index (χ2v) is 12.5. The Morgan fingerprint density at radius 3 is 2.36 bits per heavy atom. The van der Waals surface area contributed by atoms with Crippen LogP contribution in [0.4, 0.5) is 4.39 Å². The third-order valence-corrected chi connectivity index (χ3v) is 10.4. The molecule has 10 heteroatoms. The molecule has 216 valence electrons. The molecule has 3 saturated heterocycles. The van der Waals surface area contributed by atoms with Crippen LogP contribution in [0.2, 0.25) is 0 Å². The normalized spacial score (nSPS) is 35.6. The Labute approximate surface area is 231 Å². The Hall–Kier alpha value is -2.25. The van der Waals surface area contributed by atoms with Gasteiger partial charge in [-0.2, -0.15) is 5.26 Å². The molecule has 6 rings (SSSR count). The molecular formula is C29H44FN5O4. The molecule has 3 aliphatic carbocycles. The Morgan fingerprint density at radius 2 is 1.72 bits per heavy atom. The molecule has 6 fully saturated rings. The molecule has 3 atom stereocenters. The second kappa shape index (κ2) is 11.7. The first-order valence-electron chi connectivity index (χ1n) is 15.1. The lowest BCUT2D eigenvalue weighted by Gasteiger charge is -2.54. The van der Waals surface area contributed by atoms with E-state index in [9.17, 15) is 24.0 Å². The molecule has 3 heterocycles. The van der Waals surface area contributed by atoms with Crippen molar-refractivity contribution in [1.29, 1.82) is 5.26 Å². The van der Waals surface area contributed by atoms with E-state index in [1.54, 1.807) is 0 Å². The number of piperidine rings is 2. The molecule has 3 aliphatic heterocycles. The molecule has 39 heavy (non-hydrogen) atoms. The van der Waals surface area contributed by atoms with Gasteiger partial charge < -0.3 is 19.9 Å². The Morgan fingerprint density at radius 1 is 1.03 bits per heavy atom. The third-order valence-electron chi connectivity index (χ3n) is 10.4. The summed E-state index contributed by atoms with van der Waals surface area (Å²) in [5.41, 5.74) is -0.436. The van der Waals surface area contributed by atoms with Crippen LogP contribution in [-0.4, -0.2) is 102 Å². The van der Waals surface area contributed by atoms with Gasteiger partial charge in [-0.3, -0.25) is 19.3 Å². The summed E-state index contributed by atoms with van der Waals surface area (Å²) in [6, 6.07) is 1.79. The van der Waals surface area contributed by atoms with E-state index in [4.69, 9.17) is 4.74 Å². The molecule has 1 N–H and O–H groups in total. The van der Waals surface area contributed by atoms with Crippen molar-refractivity contribution >= 4 is 17.8 Å². The number of carbonyl (C=O) groups excluding carboxylic acids is 3. The van der Waals surface area contributed by atoms with Crippen LogP contribution in [-0.2, 0) is 19.1 Å². The zero-order valence-electron chi connectivity index (χ0n) is 23.3. The lowest BCUT2D eigenvalue weighted by Crippen LogP contribution is -2.61. The average molecular weight is 546 g/mol. The lowest BCUT2D eigenvalue weighted by atomic mass is 9.56. The highest BCUT2D eigenvalue weighted by Crippen LogP contribution is 2.53. The van der Waals surface area contributed by atoms with Gasteiger partial charge in [0.15, 0.2) is 0 Å². The maximum atomic E-state index is 13.8. The van der Waals surface area contributed by atoms with Crippen LogP contribution in [0, 0.1) is 22.7 Å². The number of halogens is 1. The number of amides is 2. The number of nitrogens with one attached hydrogen (secondary N) is 1. The van der Waals surface area contributed by atoms with Gasteiger partial charge in [0.25, 0.3) is 0 Å². The summed E-state index contributed by atoms with van der Waals surface area (Å²) in [7, 11) is 0. The van der Waals surface area contributed by atoms with Crippen LogP contribution in [0.1, 0.15) is 77.6 Å². The topological polar surface area (TPSA) is 106 Å². The minimum Gasteiger partial charge on any atom is -0.466 e. The predicted octanol–water partition coefficient (Wildman–Crippen LogP) is 2.40. The van der Waals surface area contributed by atoms with E-state index in [-0.39, 0.29) is 48.3 Å². The summed E-state index contributed by atoms with van der Waals surface area (Å²) in [5.74, 6) is -0.0140. The van der Waals surface area contributed by atoms with E-state index in [1.165, 1.54) is 4.90 Å². The summed E-state index contributed by atoms with van der Waals surface area (Å²) < 4.78 is 19.0. The molecule has 0 radical (unpaired) electrons. The van der Waals surface area contributed by atoms with Crippen LogP contribution in [0.25, 0.3) is 0 Å². The number of carbonyl (C=O) groups is 3. The van der Waals surface area contributed by atoms with Crippen molar-refractivity contribution in [2.75, 3.05) is 45.9 Å². The lowest BCUT2D eigenvalue weighted by molar-refractivity contribution is -0.152. The van der Waals surface area contributed by atoms with E-state index >= 15 is 0 Å². The molecule has 6 aliphatic rings. The number of esters is 1. The zero-order chi connectivity index (χ0) is 27.6. The van der Waals surface area contributed by atoms with Gasteiger partial charge in [0.05, 0.1) is 31.7 Å². The number of likely N-dealkylation sites (tertiary alicyclic amines) is 3. The molecule has 0 aromatic carbocycles. The summed E-state index contributed by atoms with van der Waals surface area (Å²) in [4.78, 5) is 44.7. The molecule has 0 aromatic rings. The highest BCUT2D eigenvalue weighted by Gasteiger charge is 2.53. The van der Waals surface area contributed by atoms with Gasteiger partial charge in [0.1, 0.15) is 12.2 Å². The number of alkyl halides is 1. The van der Waals surface area contributed by atoms with Gasteiger partial charge in [0, 0.05) is 43.1 Å². The fourth-order valence-corrected chi connectivity index (χ4v) is 7.88. The average Bonchev–Trinajstić information content (AvgIpc) is 3.37. The fourth-order valence-electron chi connectivity index (χ4n) is 7.88. The van der Waals surface area contributed by atoms with Crippen molar-refractivity contribution in [3.8, 4) is 6.07 Å². The fraction of sp³-hybridized carbons (Fsp3) is 0.862. The first-order chi connectivity index (χ1) is 18.8. The van der Waals surface area contributed by atoms with Crippen molar-refractivity contribution < 1.29 is 23.5 Å². The van der Waals surface area contributed by atoms with Gasteiger partial charge >= 0.3 is 5.97 Å². The Kier molecular flexibility index (Phi) is 8.48. The summed E-state index contributed by atoms with van der Waals surface area (Å²) in [6.07, 6.45) is 7.86. The molecule has 3 saturated carbocycles. The molecule has 0 aromatic heterocycles. The van der Waals surface area contributed by atoms with Crippen LogP contribution >= 0.6 is 0 Å². The number of fused-ring (bicyclic) bond motifs is 3. The maximum Gasteiger partial charge on any atom is 0.310 e. The van der Waals surface area contributed by atoms with E-state index < -0.39 is 12.2 Å². The van der Waals surface area contributed by atoms with Crippen LogP contribution in [0.3, 0.4) is 0 Å². The molecule has 2 amide bonds. The van der Waals surface area contributed by atoms with Gasteiger partial charge in [-0.05, 0) is 77.7 Å². The second-order valence-electron chi connectivity index (χ2n) is 12.5. The minimum absolute atomic E-state index is 0.00375. The first-order valence-corrected chi connectivity index (χ1v) is 15.1. The molecular weight excluding hydrogens is 501 g/mol. The van der Waals surface area contributed by atoms with Crippen LogP contribution < -0.4 is 5.32 Å². The number of nitrogens with zero attached hydrogens (tertiary/aromatic N) is 4. The minimum atomic E-state index is -1.13. The Bertz CT molecular complexity index is 953. The smallest absolute Gasteiger partial charge is 0.310 e. The van der Waals surface area contributed by atoms with Crippen molar-refractivity contribution in [2.45, 2.75) is 101 Å². The van der Waals surface area contributed by atoms with Crippen molar-refractivity contribution in [1.82, 2.24) is 20.0 Å². The number of hydrogen-bond acceptors (Lipinski definition) is 7. The summed E-state index contributed by atoms with van der Waals surface area (Å²) in [5, 5.41) is 12.7. The molecule has 9 nitrogen and oxygen atoms in total. The number of hydrogen-bond donors (Lipinski definition) is 1. The number of nitriles is 1. The largest absolute Gasteiger partial charge is 0.466 e. The molecule has 0 unspecified atom stereocenters. The SMILES string of the molecule is CCOC(=O)[C@@H]1CCCN(C2CCN(C(=O)C34CCC(NCC(=O)N5C[C@@H](F)C[C@H]5C#N)(CC3)CC4)CC2)C1. The van der Waals surface area contributed by atoms with Gasteiger partial charge in [0.2, 0.25) is 11.8 Å². The third kappa shape index (κ3) is 5.81. The number of rotatable bonds is 7. The summed E-state index contributed by atoms with van der Waals surface area (Å²) >= 11 is 0. The van der Waals surface area contributed by atoms with E-state index in [0.29, 0.717) is 18.6 Å². The maximum absolute atomic E-state index is 13.8. The molecule has 0 spiro atoms. The van der Waals surface area contributed by atoms with E-state index in [0.717, 1.165) is 90.4 Å². The van der Waals surface area contributed by atoms with E-state index in [2.05, 4.69) is 15.1 Å². The van der Waals surface area contributed by atoms with Crippen molar-refractivity contribution in [2.24, 2.45) is 11.3 Å². The van der Waals surface area contributed by atoms with Crippen molar-refractivity contribution in [3.63, 3.8) is 0 Å². The quantitative estimate of drug-likeness (QED) is 0.490. The molecule has 2 bridgehead atoms. The van der Waals surface area contributed by atoms with Crippen LogP contribution in [0.5, 0.6) is 0 Å². The summed E-state index contributed by atoms with van der Waals surface area (Å²) in [6.45, 7) is 5.72. The van der Waals surface area contributed by atoms with Crippen LogP contribution in [0.15, 0.2) is 0 Å². The highest BCUT2D eigenvalue weighted by molar-refractivity contribution is 5.83. The van der Waals surface area contributed by atoms with Crippen molar-refractivity contribution in [3.05, 3.63) is 0 Å². The van der Waals surface area contributed by atoms with E-state index in [1.807, 2.05) is 13.0 Å². The monoisotopic (exact) mass is 545 g/mol. The highest BCUT2D eigenvalue weighted by atomic mass is 19.1. The number of ether oxygens (including phenoxy) is 1. The zero-order valence-corrected chi connectivity index (χ0v) is 23.3. The predicted molar refractivity (Wildman–Crippen MR) is 142 cm³/mol. The first kappa shape index (κ1) is 28.3. The van der Waals surface area contributed by atoms with Gasteiger partial charge in [-0.1, -0.05) is 0 Å². The standard InChI is InChI=1S/C29H44FN5O4/c1-2-39-26(37)21-4-3-13-34(19-21)23-5-14-33(15-6-23)27(38)28-7-10-29(11-8-28,12-9-28)32-18-25(36)35-20-22(30)16-24(35)17-31/h21-24,32H,2-16,18-20H2,1H3/t21-,22+,24+,28?,29?/m1/s1.